The number of nitrogens with zero attached hydrogens (tertiary/aromatic N) is 3. The van der Waals surface area contributed by atoms with Crippen molar-refractivity contribution in [2.45, 2.75) is 13.8 Å². The summed E-state index contributed by atoms with van der Waals surface area (Å²) in [5.41, 5.74) is 2.49. The van der Waals surface area contributed by atoms with Gasteiger partial charge in [-0.3, -0.25) is 9.59 Å². The Morgan fingerprint density at radius 2 is 1.57 bits per heavy atom. The molecule has 0 aliphatic heterocycles. The molecule has 0 fully saturated rings. The first-order valence-electron chi connectivity index (χ1n) is 8.91. The molecule has 3 rings (SSSR count). The molecule has 2 amide bonds. The Morgan fingerprint density at radius 1 is 0.929 bits per heavy atom. The zero-order valence-electron chi connectivity index (χ0n) is 15.7. The molecular weight excluding hydrogens is 354 g/mol. The molecule has 0 unspecified atom stereocenters. The minimum absolute atomic E-state index is 0.149. The number of anilines is 4. The van der Waals surface area contributed by atoms with Gasteiger partial charge in [0, 0.05) is 36.7 Å². The van der Waals surface area contributed by atoms with Crippen molar-refractivity contribution in [3.05, 3.63) is 72.6 Å². The average Bonchev–Trinajstić information content (AvgIpc) is 2.71. The standard InChI is InChI=1S/C21H21N5O2/c1-3-26(18-7-5-4-6-8-18)21-22-14-13-19(25-21)20(28)24-17-11-9-16(10-12-17)23-15(2)27/h4-14H,3H2,1-2H3,(H,23,27)(H,24,28). The van der Waals surface area contributed by atoms with Gasteiger partial charge in [0.05, 0.1) is 0 Å². The summed E-state index contributed by atoms with van der Waals surface area (Å²) in [7, 11) is 0. The molecule has 1 heterocycles. The SMILES string of the molecule is CCN(c1ccccc1)c1nccc(C(=O)Nc2ccc(NC(C)=O)cc2)n1. The first-order chi connectivity index (χ1) is 13.6. The predicted molar refractivity (Wildman–Crippen MR) is 110 cm³/mol. The van der Waals surface area contributed by atoms with Crippen molar-refractivity contribution in [3.8, 4) is 0 Å². The van der Waals surface area contributed by atoms with E-state index in [4.69, 9.17) is 0 Å². The third-order valence-corrected chi connectivity index (χ3v) is 3.96. The van der Waals surface area contributed by atoms with E-state index in [-0.39, 0.29) is 17.5 Å². The monoisotopic (exact) mass is 375 g/mol. The summed E-state index contributed by atoms with van der Waals surface area (Å²) in [6.45, 7) is 4.11. The van der Waals surface area contributed by atoms with E-state index in [1.165, 1.54) is 6.92 Å². The Hall–Kier alpha value is -3.74. The van der Waals surface area contributed by atoms with Crippen LogP contribution in [0.15, 0.2) is 66.9 Å². The van der Waals surface area contributed by atoms with Gasteiger partial charge in [0.1, 0.15) is 5.69 Å². The second-order valence-electron chi connectivity index (χ2n) is 6.03. The van der Waals surface area contributed by atoms with E-state index >= 15 is 0 Å². The minimum Gasteiger partial charge on any atom is -0.326 e. The van der Waals surface area contributed by atoms with E-state index in [9.17, 15) is 9.59 Å². The first-order valence-corrected chi connectivity index (χ1v) is 8.91. The summed E-state index contributed by atoms with van der Waals surface area (Å²) in [6.07, 6.45) is 1.57. The third-order valence-electron chi connectivity index (χ3n) is 3.96. The largest absolute Gasteiger partial charge is 0.326 e. The van der Waals surface area contributed by atoms with E-state index in [2.05, 4.69) is 20.6 Å². The lowest BCUT2D eigenvalue weighted by atomic mass is 10.2. The molecule has 0 saturated heterocycles. The molecular formula is C21H21N5O2. The lowest BCUT2D eigenvalue weighted by Gasteiger charge is -2.21. The van der Waals surface area contributed by atoms with Gasteiger partial charge in [0.15, 0.2) is 0 Å². The fourth-order valence-corrected chi connectivity index (χ4v) is 2.69. The summed E-state index contributed by atoms with van der Waals surface area (Å²) in [4.78, 5) is 34.3. The lowest BCUT2D eigenvalue weighted by Crippen LogP contribution is -2.21. The van der Waals surface area contributed by atoms with E-state index in [1.807, 2.05) is 42.2 Å². The fraction of sp³-hybridized carbons (Fsp3) is 0.143. The van der Waals surface area contributed by atoms with E-state index in [1.54, 1.807) is 36.5 Å². The van der Waals surface area contributed by atoms with Crippen molar-refractivity contribution in [1.82, 2.24) is 9.97 Å². The zero-order valence-corrected chi connectivity index (χ0v) is 15.7. The predicted octanol–water partition coefficient (Wildman–Crippen LogP) is 3.85. The number of aromatic nitrogens is 2. The zero-order chi connectivity index (χ0) is 19.9. The minimum atomic E-state index is -0.333. The van der Waals surface area contributed by atoms with E-state index < -0.39 is 0 Å². The molecule has 1 aromatic heterocycles. The Balaban J connectivity index is 1.76. The normalized spacial score (nSPS) is 10.2. The molecule has 2 N–H and O–H groups in total. The van der Waals surface area contributed by atoms with Gasteiger partial charge in [-0.1, -0.05) is 18.2 Å². The molecule has 0 radical (unpaired) electrons. The van der Waals surface area contributed by atoms with Crippen LogP contribution in [-0.2, 0) is 4.79 Å². The maximum atomic E-state index is 12.6. The van der Waals surface area contributed by atoms with Crippen LogP contribution in [0.4, 0.5) is 23.0 Å². The van der Waals surface area contributed by atoms with Gasteiger partial charge in [-0.05, 0) is 49.4 Å². The molecule has 0 saturated carbocycles. The highest BCUT2D eigenvalue weighted by atomic mass is 16.2. The molecule has 142 valence electrons. The number of nitrogens with one attached hydrogen (secondary N) is 2. The van der Waals surface area contributed by atoms with Crippen LogP contribution in [0.1, 0.15) is 24.3 Å². The summed E-state index contributed by atoms with van der Waals surface area (Å²) in [6, 6.07) is 18.2. The van der Waals surface area contributed by atoms with E-state index in [0.29, 0.717) is 23.9 Å². The van der Waals surface area contributed by atoms with Crippen LogP contribution in [0.2, 0.25) is 0 Å². The van der Waals surface area contributed by atoms with Crippen molar-refractivity contribution >= 4 is 34.8 Å². The highest BCUT2D eigenvalue weighted by molar-refractivity contribution is 6.03. The number of benzene rings is 2. The molecule has 28 heavy (non-hydrogen) atoms. The number of carbonyl (C=O) groups is 2. The number of carbonyl (C=O) groups excluding carboxylic acids is 2. The second-order valence-corrected chi connectivity index (χ2v) is 6.03. The topological polar surface area (TPSA) is 87.2 Å². The molecule has 7 nitrogen and oxygen atoms in total. The quantitative estimate of drug-likeness (QED) is 0.683. The second kappa shape index (κ2) is 8.77. The van der Waals surface area contributed by atoms with Crippen LogP contribution in [-0.4, -0.2) is 28.3 Å². The van der Waals surface area contributed by atoms with Crippen LogP contribution in [0, 0.1) is 0 Å². The Labute approximate surface area is 163 Å². The molecule has 7 heteroatoms. The van der Waals surface area contributed by atoms with Crippen LogP contribution >= 0.6 is 0 Å². The van der Waals surface area contributed by atoms with Gasteiger partial charge in [0.25, 0.3) is 5.91 Å². The van der Waals surface area contributed by atoms with Gasteiger partial charge in [0.2, 0.25) is 11.9 Å². The molecule has 3 aromatic rings. The van der Waals surface area contributed by atoms with E-state index in [0.717, 1.165) is 5.69 Å². The number of hydrogen-bond donors (Lipinski definition) is 2. The highest BCUT2D eigenvalue weighted by Gasteiger charge is 2.14. The smallest absolute Gasteiger partial charge is 0.274 e. The van der Waals surface area contributed by atoms with Crippen molar-refractivity contribution in [1.29, 1.82) is 0 Å². The summed E-state index contributed by atoms with van der Waals surface area (Å²) < 4.78 is 0. The van der Waals surface area contributed by atoms with Gasteiger partial charge in [-0.15, -0.1) is 0 Å². The third kappa shape index (κ3) is 4.70. The van der Waals surface area contributed by atoms with Crippen LogP contribution in [0.5, 0.6) is 0 Å². The molecule has 0 spiro atoms. The fourth-order valence-electron chi connectivity index (χ4n) is 2.69. The Morgan fingerprint density at radius 3 is 2.18 bits per heavy atom. The number of rotatable bonds is 6. The average molecular weight is 375 g/mol. The number of hydrogen-bond acceptors (Lipinski definition) is 5. The number of amides is 2. The molecule has 2 aromatic carbocycles. The summed E-state index contributed by atoms with van der Waals surface area (Å²) >= 11 is 0. The van der Waals surface area contributed by atoms with Gasteiger partial charge < -0.3 is 15.5 Å². The van der Waals surface area contributed by atoms with Crippen molar-refractivity contribution in [3.63, 3.8) is 0 Å². The van der Waals surface area contributed by atoms with Crippen LogP contribution in [0.25, 0.3) is 0 Å². The molecule has 0 aliphatic carbocycles. The van der Waals surface area contributed by atoms with Crippen LogP contribution < -0.4 is 15.5 Å². The number of para-hydroxylation sites is 1. The first kappa shape index (κ1) is 19.0. The maximum Gasteiger partial charge on any atom is 0.274 e. The lowest BCUT2D eigenvalue weighted by molar-refractivity contribution is -0.114. The van der Waals surface area contributed by atoms with Crippen LogP contribution in [0.3, 0.4) is 0 Å². The maximum absolute atomic E-state index is 12.6. The van der Waals surface area contributed by atoms with Crippen molar-refractivity contribution < 1.29 is 9.59 Å². The van der Waals surface area contributed by atoms with Crippen molar-refractivity contribution in [2.24, 2.45) is 0 Å². The van der Waals surface area contributed by atoms with Gasteiger partial charge >= 0.3 is 0 Å². The Kier molecular flexibility index (Phi) is 5.96. The van der Waals surface area contributed by atoms with Crippen molar-refractivity contribution in [2.75, 3.05) is 22.1 Å². The highest BCUT2D eigenvalue weighted by Crippen LogP contribution is 2.21. The molecule has 0 bridgehead atoms. The molecule has 0 atom stereocenters. The molecule has 0 aliphatic rings. The Bertz CT molecular complexity index is 958. The van der Waals surface area contributed by atoms with Gasteiger partial charge in [-0.2, -0.15) is 0 Å². The summed E-state index contributed by atoms with van der Waals surface area (Å²) in [5, 5.41) is 5.48. The summed E-state index contributed by atoms with van der Waals surface area (Å²) in [5.74, 6) is -0.0217. The van der Waals surface area contributed by atoms with Gasteiger partial charge in [-0.25, -0.2) is 9.97 Å².